The molecule has 1 saturated heterocycles. The zero-order valence-electron chi connectivity index (χ0n) is 14.6. The Bertz CT molecular complexity index is 1080. The zero-order chi connectivity index (χ0) is 19.8. The summed E-state index contributed by atoms with van der Waals surface area (Å²) in [5, 5.41) is 0. The molecule has 0 bridgehead atoms. The van der Waals surface area contributed by atoms with Crippen molar-refractivity contribution in [2.75, 3.05) is 21.9 Å². The van der Waals surface area contributed by atoms with Crippen LogP contribution in [0, 0.1) is 5.92 Å². The second-order valence-corrected chi connectivity index (χ2v) is 9.66. The number of amides is 1. The van der Waals surface area contributed by atoms with Crippen LogP contribution in [-0.4, -0.2) is 35.6 Å². The van der Waals surface area contributed by atoms with E-state index in [-0.39, 0.29) is 16.3 Å². The van der Waals surface area contributed by atoms with E-state index in [0.29, 0.717) is 11.4 Å². The summed E-state index contributed by atoms with van der Waals surface area (Å²) in [5.74, 6) is -0.922. The van der Waals surface area contributed by atoms with Gasteiger partial charge in [-0.2, -0.15) is 0 Å². The van der Waals surface area contributed by atoms with Gasteiger partial charge < -0.3 is 4.74 Å². The fourth-order valence-electron chi connectivity index (χ4n) is 2.75. The second-order valence-electron chi connectivity index (χ2n) is 6.11. The maximum atomic E-state index is 12.5. The quantitative estimate of drug-likeness (QED) is 0.805. The van der Waals surface area contributed by atoms with Gasteiger partial charge in [0.25, 0.3) is 10.0 Å². The molecule has 1 heterocycles. The van der Waals surface area contributed by atoms with E-state index in [0.717, 1.165) is 4.31 Å². The molecule has 1 aliphatic heterocycles. The lowest BCUT2D eigenvalue weighted by atomic mass is 10.2. The Morgan fingerprint density at radius 3 is 2.37 bits per heavy atom. The van der Waals surface area contributed by atoms with Crippen molar-refractivity contribution in [2.24, 2.45) is 5.92 Å². The molecule has 1 aliphatic rings. The number of nitrogens with zero attached hydrogens (tertiary/aromatic N) is 1. The smallest absolute Gasteiger partial charge is 0.261 e. The topological polar surface area (TPSA) is 110 Å². The van der Waals surface area contributed by atoms with Crippen LogP contribution in [0.1, 0.15) is 6.92 Å². The Labute approximate surface area is 157 Å². The number of sulfonamides is 2. The number of anilines is 2. The number of rotatable bonds is 5. The molecule has 1 amide bonds. The van der Waals surface area contributed by atoms with Gasteiger partial charge in [-0.15, -0.1) is 0 Å². The monoisotopic (exact) mass is 410 g/mol. The number of methoxy groups -OCH3 is 1. The van der Waals surface area contributed by atoms with E-state index < -0.39 is 31.9 Å². The van der Waals surface area contributed by atoms with Crippen molar-refractivity contribution < 1.29 is 26.4 Å². The number of ether oxygens (including phenoxy) is 1. The zero-order valence-corrected chi connectivity index (χ0v) is 16.2. The fraction of sp³-hybridized carbons (Fsp3) is 0.235. The first-order valence-electron chi connectivity index (χ1n) is 7.98. The van der Waals surface area contributed by atoms with Gasteiger partial charge in [0.2, 0.25) is 15.9 Å². The third-order valence-electron chi connectivity index (χ3n) is 4.06. The Kier molecular flexibility index (Phi) is 4.87. The molecular weight excluding hydrogens is 392 g/mol. The largest absolute Gasteiger partial charge is 0.497 e. The molecule has 2 aromatic carbocycles. The third-order valence-corrected chi connectivity index (χ3v) is 7.33. The minimum atomic E-state index is -3.89. The number of carbonyl (C=O) groups excluding carboxylic acids is 1. The van der Waals surface area contributed by atoms with Crippen molar-refractivity contribution in [3.05, 3.63) is 48.5 Å². The molecule has 3 rings (SSSR count). The number of hydrogen-bond donors (Lipinski definition) is 1. The average Bonchev–Trinajstić information content (AvgIpc) is 2.82. The average molecular weight is 410 g/mol. The molecule has 1 fully saturated rings. The normalized spacial score (nSPS) is 19.1. The van der Waals surface area contributed by atoms with Gasteiger partial charge in [-0.05, 0) is 36.4 Å². The Morgan fingerprint density at radius 2 is 1.81 bits per heavy atom. The molecule has 0 spiro atoms. The first kappa shape index (κ1) is 19.2. The molecule has 27 heavy (non-hydrogen) atoms. The SMILES string of the molecule is COc1cccc(NS(=O)(=O)c2ccc(N3C(=O)[C@@H](C)CS3(=O)=O)cc2)c1. The maximum Gasteiger partial charge on any atom is 0.261 e. The van der Waals surface area contributed by atoms with Gasteiger partial charge in [-0.3, -0.25) is 9.52 Å². The number of hydrogen-bond acceptors (Lipinski definition) is 6. The molecule has 1 atom stereocenters. The molecular formula is C17H18N2O6S2. The highest BCUT2D eigenvalue weighted by atomic mass is 32.2. The lowest BCUT2D eigenvalue weighted by Crippen LogP contribution is -2.30. The van der Waals surface area contributed by atoms with E-state index >= 15 is 0 Å². The molecule has 0 saturated carbocycles. The standard InChI is InChI=1S/C17H18N2O6S2/c1-12-11-26(21,22)19(17(12)20)14-6-8-16(9-7-14)27(23,24)18-13-4-3-5-15(10-13)25-2/h3-10,12,18H,11H2,1-2H3/t12-/m0/s1. The van der Waals surface area contributed by atoms with Crippen molar-refractivity contribution in [1.29, 1.82) is 0 Å². The van der Waals surface area contributed by atoms with Gasteiger partial charge in [0, 0.05) is 6.07 Å². The number of carbonyl (C=O) groups is 1. The van der Waals surface area contributed by atoms with Gasteiger partial charge in [0.05, 0.1) is 35.1 Å². The third kappa shape index (κ3) is 3.76. The first-order chi connectivity index (χ1) is 12.6. The Balaban J connectivity index is 1.87. The second kappa shape index (κ2) is 6.86. The van der Waals surface area contributed by atoms with Gasteiger partial charge in [-0.1, -0.05) is 13.0 Å². The Morgan fingerprint density at radius 1 is 1.15 bits per heavy atom. The van der Waals surface area contributed by atoms with Crippen LogP contribution in [0.5, 0.6) is 5.75 Å². The maximum absolute atomic E-state index is 12.5. The van der Waals surface area contributed by atoms with E-state index in [1.807, 2.05) is 0 Å². The summed E-state index contributed by atoms with van der Waals surface area (Å²) in [4.78, 5) is 12.0. The first-order valence-corrected chi connectivity index (χ1v) is 11.1. The van der Waals surface area contributed by atoms with E-state index in [4.69, 9.17) is 4.74 Å². The predicted octanol–water partition coefficient (Wildman–Crippen LogP) is 1.81. The summed E-state index contributed by atoms with van der Waals surface area (Å²) < 4.78 is 57.5. The van der Waals surface area contributed by atoms with Crippen LogP contribution in [-0.2, 0) is 24.8 Å². The molecule has 2 aromatic rings. The van der Waals surface area contributed by atoms with Gasteiger partial charge in [0.15, 0.2) is 0 Å². The van der Waals surface area contributed by atoms with Crippen LogP contribution in [0.3, 0.4) is 0 Å². The highest BCUT2D eigenvalue weighted by molar-refractivity contribution is 7.94. The lowest BCUT2D eigenvalue weighted by Gasteiger charge is -2.16. The highest BCUT2D eigenvalue weighted by Crippen LogP contribution is 2.29. The van der Waals surface area contributed by atoms with E-state index in [9.17, 15) is 21.6 Å². The molecule has 1 N–H and O–H groups in total. The van der Waals surface area contributed by atoms with Crippen LogP contribution in [0.25, 0.3) is 0 Å². The van der Waals surface area contributed by atoms with Crippen LogP contribution < -0.4 is 13.8 Å². The van der Waals surface area contributed by atoms with Crippen molar-refractivity contribution >= 4 is 37.3 Å². The molecule has 0 aliphatic carbocycles. The van der Waals surface area contributed by atoms with Crippen LogP contribution in [0.15, 0.2) is 53.4 Å². The summed E-state index contributed by atoms with van der Waals surface area (Å²) >= 11 is 0. The van der Waals surface area contributed by atoms with Gasteiger partial charge in [-0.25, -0.2) is 21.1 Å². The Hall–Kier alpha value is -2.59. The van der Waals surface area contributed by atoms with Crippen LogP contribution >= 0.6 is 0 Å². The predicted molar refractivity (Wildman–Crippen MR) is 101 cm³/mol. The van der Waals surface area contributed by atoms with E-state index in [1.165, 1.54) is 44.4 Å². The number of nitrogens with one attached hydrogen (secondary N) is 1. The summed E-state index contributed by atoms with van der Waals surface area (Å²) in [6.07, 6.45) is 0. The minimum absolute atomic E-state index is 0.0637. The lowest BCUT2D eigenvalue weighted by molar-refractivity contribution is -0.119. The minimum Gasteiger partial charge on any atom is -0.497 e. The summed E-state index contributed by atoms with van der Waals surface area (Å²) in [6, 6.07) is 11.5. The van der Waals surface area contributed by atoms with Crippen molar-refractivity contribution in [3.63, 3.8) is 0 Å². The van der Waals surface area contributed by atoms with Crippen molar-refractivity contribution in [1.82, 2.24) is 0 Å². The van der Waals surface area contributed by atoms with Gasteiger partial charge >= 0.3 is 0 Å². The van der Waals surface area contributed by atoms with E-state index in [1.54, 1.807) is 18.2 Å². The molecule has 8 nitrogen and oxygen atoms in total. The summed E-state index contributed by atoms with van der Waals surface area (Å²) in [7, 11) is -6.16. The van der Waals surface area contributed by atoms with Gasteiger partial charge in [0.1, 0.15) is 5.75 Å². The van der Waals surface area contributed by atoms with Crippen molar-refractivity contribution in [3.8, 4) is 5.75 Å². The summed E-state index contributed by atoms with van der Waals surface area (Å²) in [6.45, 7) is 1.54. The fourth-order valence-corrected chi connectivity index (χ4v) is 5.62. The van der Waals surface area contributed by atoms with Crippen molar-refractivity contribution in [2.45, 2.75) is 11.8 Å². The van der Waals surface area contributed by atoms with Crippen LogP contribution in [0.2, 0.25) is 0 Å². The molecule has 10 heteroatoms. The summed E-state index contributed by atoms with van der Waals surface area (Å²) in [5.41, 5.74) is 0.439. The van der Waals surface area contributed by atoms with Crippen LogP contribution in [0.4, 0.5) is 11.4 Å². The highest BCUT2D eigenvalue weighted by Gasteiger charge is 2.41. The molecule has 0 aromatic heterocycles. The van der Waals surface area contributed by atoms with E-state index in [2.05, 4.69) is 4.72 Å². The molecule has 0 radical (unpaired) electrons. The number of benzene rings is 2. The molecule has 0 unspecified atom stereocenters. The molecule has 144 valence electrons.